The summed E-state index contributed by atoms with van der Waals surface area (Å²) < 4.78 is 3.89. The first-order chi connectivity index (χ1) is 10.3. The predicted octanol–water partition coefficient (Wildman–Crippen LogP) is 3.10. The van der Waals surface area contributed by atoms with E-state index in [1.54, 1.807) is 0 Å². The SMILES string of the molecule is CCCc1nnsc1C(=O)Nc1ccc2c(c1)CCCN2. The second-order valence-electron chi connectivity index (χ2n) is 5.16. The molecule has 0 radical (unpaired) electrons. The summed E-state index contributed by atoms with van der Waals surface area (Å²) >= 11 is 1.16. The molecule has 110 valence electrons. The van der Waals surface area contributed by atoms with Crippen molar-refractivity contribution in [3.8, 4) is 0 Å². The maximum atomic E-state index is 12.3. The maximum Gasteiger partial charge on any atom is 0.269 e. The average Bonchev–Trinajstić information content (AvgIpc) is 2.96. The van der Waals surface area contributed by atoms with Crippen LogP contribution in [0.1, 0.15) is 40.7 Å². The maximum absolute atomic E-state index is 12.3. The number of benzene rings is 1. The molecule has 0 aliphatic carbocycles. The molecule has 2 N–H and O–H groups in total. The monoisotopic (exact) mass is 302 g/mol. The molecular formula is C15H18N4OS. The predicted molar refractivity (Wildman–Crippen MR) is 85.1 cm³/mol. The van der Waals surface area contributed by atoms with Gasteiger partial charge in [0.25, 0.3) is 5.91 Å². The summed E-state index contributed by atoms with van der Waals surface area (Å²) in [5.41, 5.74) is 4.05. The molecule has 6 heteroatoms. The van der Waals surface area contributed by atoms with E-state index in [9.17, 15) is 4.79 Å². The number of carbonyl (C=O) groups excluding carboxylic acids is 1. The van der Waals surface area contributed by atoms with E-state index in [4.69, 9.17) is 0 Å². The van der Waals surface area contributed by atoms with E-state index in [1.807, 2.05) is 18.2 Å². The van der Waals surface area contributed by atoms with Gasteiger partial charge in [-0.05, 0) is 54.6 Å². The third kappa shape index (κ3) is 3.05. The smallest absolute Gasteiger partial charge is 0.269 e. The van der Waals surface area contributed by atoms with Crippen molar-refractivity contribution in [3.63, 3.8) is 0 Å². The van der Waals surface area contributed by atoms with E-state index in [1.165, 1.54) is 11.3 Å². The van der Waals surface area contributed by atoms with Crippen LogP contribution in [0.4, 0.5) is 11.4 Å². The summed E-state index contributed by atoms with van der Waals surface area (Å²) in [4.78, 5) is 13.0. The van der Waals surface area contributed by atoms with Gasteiger partial charge in [0.2, 0.25) is 0 Å². The molecule has 2 aromatic rings. The first kappa shape index (κ1) is 14.0. The third-order valence-corrected chi connectivity index (χ3v) is 4.32. The number of nitrogens with one attached hydrogen (secondary N) is 2. The van der Waals surface area contributed by atoms with Gasteiger partial charge < -0.3 is 10.6 Å². The van der Waals surface area contributed by atoms with E-state index >= 15 is 0 Å². The van der Waals surface area contributed by atoms with Crippen molar-refractivity contribution in [2.45, 2.75) is 32.6 Å². The summed E-state index contributed by atoms with van der Waals surface area (Å²) in [6.45, 7) is 3.09. The van der Waals surface area contributed by atoms with Crippen molar-refractivity contribution >= 4 is 28.8 Å². The topological polar surface area (TPSA) is 66.9 Å². The van der Waals surface area contributed by atoms with Crippen molar-refractivity contribution < 1.29 is 4.79 Å². The van der Waals surface area contributed by atoms with Crippen LogP contribution in [0.25, 0.3) is 0 Å². The number of hydrogen-bond acceptors (Lipinski definition) is 5. The Labute approximate surface area is 127 Å². The summed E-state index contributed by atoms with van der Waals surface area (Å²) in [5, 5.41) is 10.4. The summed E-state index contributed by atoms with van der Waals surface area (Å²) in [7, 11) is 0. The summed E-state index contributed by atoms with van der Waals surface area (Å²) in [6, 6.07) is 6.01. The fourth-order valence-corrected chi connectivity index (χ4v) is 3.13. The molecule has 0 atom stereocenters. The van der Waals surface area contributed by atoms with Gasteiger partial charge in [-0.15, -0.1) is 5.10 Å². The number of aromatic nitrogens is 2. The van der Waals surface area contributed by atoms with Gasteiger partial charge in [0.05, 0.1) is 5.69 Å². The van der Waals surface area contributed by atoms with Gasteiger partial charge in [0.15, 0.2) is 0 Å². The Morgan fingerprint density at radius 1 is 1.48 bits per heavy atom. The summed E-state index contributed by atoms with van der Waals surface area (Å²) in [5.74, 6) is -0.114. The van der Waals surface area contributed by atoms with Crippen LogP contribution in [0.3, 0.4) is 0 Å². The van der Waals surface area contributed by atoms with E-state index in [0.717, 1.165) is 55.1 Å². The van der Waals surface area contributed by atoms with Crippen LogP contribution in [0.5, 0.6) is 0 Å². The van der Waals surface area contributed by atoms with Crippen molar-refractivity contribution in [3.05, 3.63) is 34.3 Å². The fraction of sp³-hybridized carbons (Fsp3) is 0.400. The molecule has 0 unspecified atom stereocenters. The average molecular weight is 302 g/mol. The Bertz CT molecular complexity index is 653. The number of rotatable bonds is 4. The number of carbonyl (C=O) groups is 1. The van der Waals surface area contributed by atoms with Crippen LogP contribution in [0.2, 0.25) is 0 Å². The lowest BCUT2D eigenvalue weighted by Gasteiger charge is -2.18. The fourth-order valence-electron chi connectivity index (χ4n) is 2.52. The lowest BCUT2D eigenvalue weighted by molar-refractivity contribution is 0.102. The normalized spacial score (nSPS) is 13.4. The zero-order valence-corrected chi connectivity index (χ0v) is 12.8. The van der Waals surface area contributed by atoms with Crippen LogP contribution in [0.15, 0.2) is 18.2 Å². The highest BCUT2D eigenvalue weighted by molar-refractivity contribution is 7.08. The second kappa shape index (κ2) is 6.22. The van der Waals surface area contributed by atoms with Gasteiger partial charge >= 0.3 is 0 Å². The number of aryl methyl sites for hydroxylation is 2. The first-order valence-corrected chi connectivity index (χ1v) is 8.04. The number of fused-ring (bicyclic) bond motifs is 1. The molecule has 0 saturated heterocycles. The minimum absolute atomic E-state index is 0.114. The zero-order valence-electron chi connectivity index (χ0n) is 12.0. The van der Waals surface area contributed by atoms with Gasteiger partial charge in [-0.25, -0.2) is 0 Å². The molecular weight excluding hydrogens is 284 g/mol. The molecule has 0 fully saturated rings. The van der Waals surface area contributed by atoms with Crippen molar-refractivity contribution in [1.29, 1.82) is 0 Å². The lowest BCUT2D eigenvalue weighted by atomic mass is 10.0. The van der Waals surface area contributed by atoms with Crippen LogP contribution < -0.4 is 10.6 Å². The highest BCUT2D eigenvalue weighted by Gasteiger charge is 2.16. The number of amides is 1. The van der Waals surface area contributed by atoms with E-state index in [2.05, 4.69) is 27.1 Å². The van der Waals surface area contributed by atoms with Crippen molar-refractivity contribution in [2.75, 3.05) is 17.2 Å². The molecule has 1 aliphatic rings. The Balaban J connectivity index is 1.76. The third-order valence-electron chi connectivity index (χ3n) is 3.55. The van der Waals surface area contributed by atoms with Gasteiger partial charge in [-0.3, -0.25) is 4.79 Å². The van der Waals surface area contributed by atoms with Gasteiger partial charge in [0.1, 0.15) is 4.88 Å². The van der Waals surface area contributed by atoms with E-state index in [-0.39, 0.29) is 5.91 Å². The molecule has 2 heterocycles. The van der Waals surface area contributed by atoms with E-state index < -0.39 is 0 Å². The lowest BCUT2D eigenvalue weighted by Crippen LogP contribution is -2.15. The molecule has 1 aromatic heterocycles. The van der Waals surface area contributed by atoms with Crippen LogP contribution in [-0.2, 0) is 12.8 Å². The van der Waals surface area contributed by atoms with Crippen molar-refractivity contribution in [2.24, 2.45) is 0 Å². The van der Waals surface area contributed by atoms with Crippen LogP contribution in [0, 0.1) is 0 Å². The molecule has 1 aromatic carbocycles. The molecule has 1 aliphatic heterocycles. The minimum atomic E-state index is -0.114. The minimum Gasteiger partial charge on any atom is -0.385 e. The molecule has 0 bridgehead atoms. The Kier molecular flexibility index (Phi) is 4.15. The van der Waals surface area contributed by atoms with E-state index in [0.29, 0.717) is 4.88 Å². The molecule has 0 spiro atoms. The van der Waals surface area contributed by atoms with Crippen LogP contribution in [-0.4, -0.2) is 22.0 Å². The largest absolute Gasteiger partial charge is 0.385 e. The quantitative estimate of drug-likeness (QED) is 0.910. The molecule has 1 amide bonds. The summed E-state index contributed by atoms with van der Waals surface area (Å²) in [6.07, 6.45) is 3.92. The number of nitrogens with zero attached hydrogens (tertiary/aromatic N) is 2. The first-order valence-electron chi connectivity index (χ1n) is 7.27. The second-order valence-corrected chi connectivity index (χ2v) is 5.91. The molecule has 5 nitrogen and oxygen atoms in total. The van der Waals surface area contributed by atoms with Gasteiger partial charge in [-0.2, -0.15) is 0 Å². The molecule has 21 heavy (non-hydrogen) atoms. The standard InChI is InChI=1S/C15H18N4OS/c1-2-4-13-14(21-19-18-13)15(20)17-11-6-7-12-10(9-11)5-3-8-16-12/h6-7,9,16H,2-5,8H2,1H3,(H,17,20). The number of hydrogen-bond donors (Lipinski definition) is 2. The zero-order chi connectivity index (χ0) is 14.7. The highest BCUT2D eigenvalue weighted by atomic mass is 32.1. The Morgan fingerprint density at radius 3 is 3.24 bits per heavy atom. The van der Waals surface area contributed by atoms with Gasteiger partial charge in [0, 0.05) is 17.9 Å². The van der Waals surface area contributed by atoms with Gasteiger partial charge in [-0.1, -0.05) is 17.8 Å². The molecule has 3 rings (SSSR count). The Hall–Kier alpha value is -1.95. The molecule has 0 saturated carbocycles. The van der Waals surface area contributed by atoms with Crippen LogP contribution >= 0.6 is 11.5 Å². The van der Waals surface area contributed by atoms with Crippen molar-refractivity contribution in [1.82, 2.24) is 9.59 Å². The number of anilines is 2. The Morgan fingerprint density at radius 2 is 2.38 bits per heavy atom. The highest BCUT2D eigenvalue weighted by Crippen LogP contribution is 2.25.